The lowest BCUT2D eigenvalue weighted by Gasteiger charge is -2.60. The minimum atomic E-state index is -0.213. The Hall–Kier alpha value is -1.88. The smallest absolute Gasteiger partial charge is 0.228 e. The van der Waals surface area contributed by atoms with Gasteiger partial charge in [-0.05, 0) is 92.1 Å². The fourth-order valence-electron chi connectivity index (χ4n) is 8.18. The molecule has 4 fully saturated rings. The highest BCUT2D eigenvalue weighted by Crippen LogP contribution is 2.66. The number of aldehydes is 1. The predicted molar refractivity (Wildman–Crippen MR) is 123 cm³/mol. The van der Waals surface area contributed by atoms with Crippen LogP contribution in [0.4, 0.5) is 5.69 Å². The van der Waals surface area contributed by atoms with E-state index in [2.05, 4.69) is 19.2 Å². The average Bonchev–Trinajstić information content (AvgIpc) is 3.16. The van der Waals surface area contributed by atoms with E-state index in [9.17, 15) is 9.59 Å². The van der Waals surface area contributed by atoms with Gasteiger partial charge in [-0.1, -0.05) is 19.9 Å². The van der Waals surface area contributed by atoms with E-state index in [1.807, 2.05) is 24.3 Å². The van der Waals surface area contributed by atoms with Crippen molar-refractivity contribution < 1.29 is 19.1 Å². The van der Waals surface area contributed by atoms with Gasteiger partial charge in [-0.15, -0.1) is 0 Å². The zero-order chi connectivity index (χ0) is 22.5. The monoisotopic (exact) mass is 439 g/mol. The number of hydrogen-bond donors (Lipinski definition) is 1. The average molecular weight is 440 g/mol. The maximum absolute atomic E-state index is 13.4. The van der Waals surface area contributed by atoms with Crippen LogP contribution in [0.3, 0.4) is 0 Å². The van der Waals surface area contributed by atoms with E-state index >= 15 is 0 Å². The number of rotatable bonds is 4. The van der Waals surface area contributed by atoms with Crippen LogP contribution in [0.15, 0.2) is 24.3 Å². The lowest BCUT2D eigenvalue weighted by atomic mass is 9.47. The van der Waals surface area contributed by atoms with E-state index in [0.717, 1.165) is 56.2 Å². The first-order chi connectivity index (χ1) is 15.4. The Morgan fingerprint density at radius 1 is 1.06 bits per heavy atom. The van der Waals surface area contributed by atoms with E-state index in [4.69, 9.17) is 9.47 Å². The predicted octanol–water partition coefficient (Wildman–Crippen LogP) is 5.24. The molecule has 1 heterocycles. The summed E-state index contributed by atoms with van der Waals surface area (Å²) in [6.45, 7) is 4.80. The minimum Gasteiger partial charge on any atom is -0.497 e. The molecule has 4 aliphatic rings. The lowest BCUT2D eigenvalue weighted by molar-refractivity contribution is -0.195. The fourth-order valence-corrected chi connectivity index (χ4v) is 8.18. The van der Waals surface area contributed by atoms with Crippen LogP contribution in [-0.4, -0.2) is 31.5 Å². The highest BCUT2D eigenvalue weighted by Gasteiger charge is 2.61. The van der Waals surface area contributed by atoms with Crippen LogP contribution < -0.4 is 10.1 Å². The van der Waals surface area contributed by atoms with E-state index in [-0.39, 0.29) is 34.9 Å². The van der Waals surface area contributed by atoms with E-state index in [1.54, 1.807) is 7.11 Å². The Morgan fingerprint density at radius 3 is 2.62 bits per heavy atom. The van der Waals surface area contributed by atoms with Crippen LogP contribution in [0.1, 0.15) is 65.2 Å². The Balaban J connectivity index is 1.32. The maximum atomic E-state index is 13.4. The minimum absolute atomic E-state index is 0.0623. The van der Waals surface area contributed by atoms with Crippen molar-refractivity contribution in [2.45, 2.75) is 77.4 Å². The summed E-state index contributed by atoms with van der Waals surface area (Å²) in [5.41, 5.74) is 1.05. The van der Waals surface area contributed by atoms with Crippen molar-refractivity contribution in [3.8, 4) is 5.75 Å². The summed E-state index contributed by atoms with van der Waals surface area (Å²) >= 11 is 0. The molecule has 32 heavy (non-hydrogen) atoms. The van der Waals surface area contributed by atoms with Crippen LogP contribution in [0, 0.1) is 34.5 Å². The Kier molecular flexibility index (Phi) is 5.59. The van der Waals surface area contributed by atoms with Crippen LogP contribution in [0.25, 0.3) is 0 Å². The number of anilines is 1. The number of amides is 1. The molecule has 1 aliphatic heterocycles. The molecule has 1 aromatic rings. The Bertz CT molecular complexity index is 886. The van der Waals surface area contributed by atoms with Gasteiger partial charge in [0.1, 0.15) is 18.1 Å². The quantitative estimate of drug-likeness (QED) is 0.652. The Morgan fingerprint density at radius 2 is 1.84 bits per heavy atom. The van der Waals surface area contributed by atoms with Crippen molar-refractivity contribution in [3.63, 3.8) is 0 Å². The molecule has 1 amide bonds. The topological polar surface area (TPSA) is 64.6 Å². The van der Waals surface area contributed by atoms with Gasteiger partial charge in [0.15, 0.2) is 0 Å². The van der Waals surface area contributed by atoms with Crippen LogP contribution >= 0.6 is 0 Å². The van der Waals surface area contributed by atoms with Gasteiger partial charge in [0.05, 0.1) is 13.2 Å². The van der Waals surface area contributed by atoms with Crippen molar-refractivity contribution in [1.29, 1.82) is 0 Å². The second kappa shape index (κ2) is 8.16. The molecule has 5 nitrogen and oxygen atoms in total. The zero-order valence-electron chi connectivity index (χ0n) is 19.6. The molecule has 3 saturated carbocycles. The summed E-state index contributed by atoms with van der Waals surface area (Å²) in [6.07, 6.45) is 9.55. The molecule has 0 bridgehead atoms. The summed E-state index contributed by atoms with van der Waals surface area (Å²) < 4.78 is 11.5. The molecule has 5 rings (SSSR count). The number of ether oxygens (including phenoxy) is 2. The van der Waals surface area contributed by atoms with Crippen molar-refractivity contribution >= 4 is 17.9 Å². The van der Waals surface area contributed by atoms with Gasteiger partial charge in [0.2, 0.25) is 5.91 Å². The third kappa shape index (κ3) is 3.39. The molecular weight excluding hydrogens is 402 g/mol. The van der Waals surface area contributed by atoms with Gasteiger partial charge in [-0.25, -0.2) is 0 Å². The number of hydrogen-bond acceptors (Lipinski definition) is 4. The maximum Gasteiger partial charge on any atom is 0.228 e. The first kappa shape index (κ1) is 21.9. The van der Waals surface area contributed by atoms with E-state index < -0.39 is 0 Å². The largest absolute Gasteiger partial charge is 0.497 e. The number of benzene rings is 1. The fraction of sp³-hybridized carbons (Fsp3) is 0.704. The third-order valence-electron chi connectivity index (χ3n) is 9.89. The van der Waals surface area contributed by atoms with Gasteiger partial charge in [-0.2, -0.15) is 0 Å². The summed E-state index contributed by atoms with van der Waals surface area (Å²) in [4.78, 5) is 24.7. The summed E-state index contributed by atoms with van der Waals surface area (Å²) in [5, 5.41) is 3.18. The number of carbonyl (C=O) groups excluding carboxylic acids is 2. The molecular formula is C27H37NO4. The Labute approximate surface area is 191 Å². The van der Waals surface area contributed by atoms with Crippen molar-refractivity contribution in [1.82, 2.24) is 0 Å². The van der Waals surface area contributed by atoms with Crippen molar-refractivity contribution in [2.24, 2.45) is 34.5 Å². The molecule has 1 aromatic carbocycles. The SMILES string of the molecule is COc1cccc(NC(=O)[C@H]2CC[C@H]3[C@@H]4CCC5OC(C=O)CC[C@]5(C)[C@H]4CC[C@]23C)c1. The van der Waals surface area contributed by atoms with Crippen LogP contribution in [0.5, 0.6) is 5.75 Å². The van der Waals surface area contributed by atoms with E-state index in [1.165, 1.54) is 12.8 Å². The van der Waals surface area contributed by atoms with Crippen molar-refractivity contribution in [3.05, 3.63) is 24.3 Å². The first-order valence-corrected chi connectivity index (χ1v) is 12.4. The number of nitrogens with one attached hydrogen (secondary N) is 1. The first-order valence-electron chi connectivity index (χ1n) is 12.4. The van der Waals surface area contributed by atoms with Gasteiger partial charge < -0.3 is 19.6 Å². The lowest BCUT2D eigenvalue weighted by Crippen LogP contribution is -2.57. The van der Waals surface area contributed by atoms with Crippen LogP contribution in [-0.2, 0) is 14.3 Å². The summed E-state index contributed by atoms with van der Waals surface area (Å²) in [5.74, 6) is 2.90. The standard InChI is InChI=1S/C27H37NO4/c1-26-14-12-22-20(7-10-24-27(22,2)13-11-19(16-29)32-24)21(26)8-9-23(26)25(30)28-17-5-4-6-18(15-17)31-3/h4-6,15-16,19-24H,7-14H2,1-3H3,(H,28,30)/t19?,20-,21-,22-,23+,24?,26-,27+/m0/s1. The van der Waals surface area contributed by atoms with Crippen LogP contribution in [0.2, 0.25) is 0 Å². The summed E-state index contributed by atoms with van der Waals surface area (Å²) in [7, 11) is 1.65. The molecule has 174 valence electrons. The number of fused-ring (bicyclic) bond motifs is 5. The highest BCUT2D eigenvalue weighted by molar-refractivity contribution is 5.93. The third-order valence-corrected chi connectivity index (χ3v) is 9.89. The zero-order valence-corrected chi connectivity index (χ0v) is 19.6. The molecule has 5 heteroatoms. The molecule has 1 saturated heterocycles. The molecule has 0 aromatic heterocycles. The van der Waals surface area contributed by atoms with Gasteiger partial charge in [0, 0.05) is 17.7 Å². The molecule has 3 aliphatic carbocycles. The summed E-state index contributed by atoms with van der Waals surface area (Å²) in [6, 6.07) is 7.64. The number of carbonyl (C=O) groups is 2. The second-order valence-corrected chi connectivity index (χ2v) is 11.2. The highest BCUT2D eigenvalue weighted by atomic mass is 16.5. The van der Waals surface area contributed by atoms with Gasteiger partial charge in [-0.3, -0.25) is 4.79 Å². The molecule has 0 spiro atoms. The number of methoxy groups -OCH3 is 1. The van der Waals surface area contributed by atoms with Gasteiger partial charge in [0.25, 0.3) is 0 Å². The van der Waals surface area contributed by atoms with Gasteiger partial charge >= 0.3 is 0 Å². The van der Waals surface area contributed by atoms with Crippen molar-refractivity contribution in [2.75, 3.05) is 12.4 Å². The second-order valence-electron chi connectivity index (χ2n) is 11.2. The normalized spacial score (nSPS) is 42.8. The molecule has 1 N–H and O–H groups in total. The van der Waals surface area contributed by atoms with E-state index in [0.29, 0.717) is 17.8 Å². The molecule has 0 radical (unpaired) electrons. The molecule has 2 unspecified atom stereocenters. The molecule has 8 atom stereocenters.